The first-order valence-corrected chi connectivity index (χ1v) is 5.62. The number of H-pyrrole nitrogens is 1. The van der Waals surface area contributed by atoms with Crippen LogP contribution in [0.1, 0.15) is 18.9 Å². The largest absolute Gasteiger partial charge is 0.327 e. The second-order valence-electron chi connectivity index (χ2n) is 4.17. The Morgan fingerprint density at radius 2 is 2.44 bits per heavy atom. The molecule has 3 heterocycles. The van der Waals surface area contributed by atoms with Gasteiger partial charge in [-0.3, -0.25) is 4.57 Å². The van der Waals surface area contributed by atoms with Gasteiger partial charge in [-0.2, -0.15) is 0 Å². The summed E-state index contributed by atoms with van der Waals surface area (Å²) in [6.45, 7) is 1.89. The van der Waals surface area contributed by atoms with E-state index in [0.717, 1.165) is 37.1 Å². The second kappa shape index (κ2) is 3.75. The summed E-state index contributed by atoms with van der Waals surface area (Å²) in [6.07, 6.45) is 3.87. The molecule has 1 unspecified atom stereocenters. The van der Waals surface area contributed by atoms with Crippen LogP contribution in [-0.4, -0.2) is 27.6 Å². The normalized spacial score (nSPS) is 21.4. The van der Waals surface area contributed by atoms with Crippen LogP contribution in [0.3, 0.4) is 0 Å². The Labute approximate surface area is 92.5 Å². The van der Waals surface area contributed by atoms with Crippen molar-refractivity contribution in [2.75, 3.05) is 13.1 Å². The van der Waals surface area contributed by atoms with Gasteiger partial charge in [-0.05, 0) is 31.5 Å². The topological polar surface area (TPSA) is 62.7 Å². The van der Waals surface area contributed by atoms with Gasteiger partial charge in [-0.25, -0.2) is 9.78 Å². The summed E-state index contributed by atoms with van der Waals surface area (Å²) < 4.78 is 1.78. The molecule has 0 spiro atoms. The fourth-order valence-electron chi connectivity index (χ4n) is 2.35. The summed E-state index contributed by atoms with van der Waals surface area (Å²) in [5, 5.41) is 3.31. The van der Waals surface area contributed by atoms with Crippen LogP contribution in [0.5, 0.6) is 0 Å². The molecule has 0 radical (unpaired) electrons. The lowest BCUT2D eigenvalue weighted by Gasteiger charge is -2.23. The van der Waals surface area contributed by atoms with Crippen LogP contribution in [0.15, 0.2) is 23.1 Å². The van der Waals surface area contributed by atoms with Crippen molar-refractivity contribution >= 4 is 11.2 Å². The summed E-state index contributed by atoms with van der Waals surface area (Å²) in [5.74, 6) is 0. The maximum absolute atomic E-state index is 11.9. The van der Waals surface area contributed by atoms with Crippen molar-refractivity contribution in [3.05, 3.63) is 28.8 Å². The van der Waals surface area contributed by atoms with Crippen molar-refractivity contribution < 1.29 is 0 Å². The lowest BCUT2D eigenvalue weighted by atomic mass is 10.1. The van der Waals surface area contributed by atoms with E-state index < -0.39 is 0 Å². The van der Waals surface area contributed by atoms with Gasteiger partial charge in [0.15, 0.2) is 5.65 Å². The van der Waals surface area contributed by atoms with Crippen LogP contribution in [-0.2, 0) is 0 Å². The summed E-state index contributed by atoms with van der Waals surface area (Å²) in [5.41, 5.74) is 1.53. The third kappa shape index (κ3) is 1.44. The number of aromatic nitrogens is 3. The molecule has 1 aliphatic heterocycles. The first-order chi connectivity index (χ1) is 7.86. The Morgan fingerprint density at radius 3 is 3.25 bits per heavy atom. The minimum absolute atomic E-state index is 0.0533. The summed E-state index contributed by atoms with van der Waals surface area (Å²) in [4.78, 5) is 19.0. The first-order valence-electron chi connectivity index (χ1n) is 5.62. The average Bonchev–Trinajstić information content (AvgIpc) is 2.66. The number of nitrogens with zero attached hydrogens (tertiary/aromatic N) is 2. The van der Waals surface area contributed by atoms with Crippen molar-refractivity contribution in [3.8, 4) is 0 Å². The van der Waals surface area contributed by atoms with E-state index in [-0.39, 0.29) is 11.7 Å². The third-order valence-corrected chi connectivity index (χ3v) is 3.11. The van der Waals surface area contributed by atoms with Crippen molar-refractivity contribution in [1.29, 1.82) is 0 Å². The van der Waals surface area contributed by atoms with Crippen LogP contribution >= 0.6 is 0 Å². The van der Waals surface area contributed by atoms with Gasteiger partial charge in [0.1, 0.15) is 0 Å². The lowest BCUT2D eigenvalue weighted by Crippen LogP contribution is -2.35. The number of imidazole rings is 1. The standard InChI is InChI=1S/C11H14N4O/c16-11-14-9-4-2-6-13-10(9)15(11)8-3-1-5-12-7-8/h2,4,6,8,12H,1,3,5,7H2,(H,14,16). The quantitative estimate of drug-likeness (QED) is 0.738. The Balaban J connectivity index is 2.14. The Kier molecular flexibility index (Phi) is 2.25. The van der Waals surface area contributed by atoms with Gasteiger partial charge in [-0.1, -0.05) is 0 Å². The fourth-order valence-corrected chi connectivity index (χ4v) is 2.35. The predicted octanol–water partition coefficient (Wildman–Crippen LogP) is 0.649. The van der Waals surface area contributed by atoms with Gasteiger partial charge in [0.25, 0.3) is 0 Å². The average molecular weight is 218 g/mol. The smallest absolute Gasteiger partial charge is 0.315 e. The van der Waals surface area contributed by atoms with Gasteiger partial charge in [0.2, 0.25) is 0 Å². The summed E-state index contributed by atoms with van der Waals surface area (Å²) >= 11 is 0. The molecule has 0 amide bonds. The molecule has 2 aromatic heterocycles. The number of pyridine rings is 1. The molecule has 1 saturated heterocycles. The Hall–Kier alpha value is -1.62. The van der Waals surface area contributed by atoms with Crippen LogP contribution in [0.2, 0.25) is 0 Å². The molecule has 5 heteroatoms. The van der Waals surface area contributed by atoms with Gasteiger partial charge in [-0.15, -0.1) is 0 Å². The second-order valence-corrected chi connectivity index (χ2v) is 4.17. The van der Waals surface area contributed by atoms with Gasteiger partial charge >= 0.3 is 5.69 Å². The van der Waals surface area contributed by atoms with E-state index in [2.05, 4.69) is 15.3 Å². The molecule has 2 N–H and O–H groups in total. The molecular formula is C11H14N4O. The molecule has 2 aromatic rings. The van der Waals surface area contributed by atoms with E-state index in [1.807, 2.05) is 12.1 Å². The number of fused-ring (bicyclic) bond motifs is 1. The number of hydrogen-bond acceptors (Lipinski definition) is 3. The van der Waals surface area contributed by atoms with E-state index >= 15 is 0 Å². The van der Waals surface area contributed by atoms with Crippen molar-refractivity contribution in [2.24, 2.45) is 0 Å². The molecule has 16 heavy (non-hydrogen) atoms. The van der Waals surface area contributed by atoms with Gasteiger partial charge in [0, 0.05) is 12.7 Å². The van der Waals surface area contributed by atoms with Crippen LogP contribution in [0.25, 0.3) is 11.2 Å². The van der Waals surface area contributed by atoms with Gasteiger partial charge in [0.05, 0.1) is 11.6 Å². The minimum atomic E-state index is -0.0533. The lowest BCUT2D eigenvalue weighted by molar-refractivity contribution is 0.370. The third-order valence-electron chi connectivity index (χ3n) is 3.11. The summed E-state index contributed by atoms with van der Waals surface area (Å²) in [6, 6.07) is 3.95. The highest BCUT2D eigenvalue weighted by Crippen LogP contribution is 2.18. The predicted molar refractivity (Wildman–Crippen MR) is 61.5 cm³/mol. The van der Waals surface area contributed by atoms with E-state index in [1.54, 1.807) is 10.8 Å². The zero-order chi connectivity index (χ0) is 11.0. The van der Waals surface area contributed by atoms with E-state index in [0.29, 0.717) is 0 Å². The molecule has 84 valence electrons. The first kappa shape index (κ1) is 9.59. The fraction of sp³-hybridized carbons (Fsp3) is 0.455. The van der Waals surface area contributed by atoms with Crippen LogP contribution < -0.4 is 11.0 Å². The number of piperidine rings is 1. The molecule has 0 aliphatic carbocycles. The number of nitrogens with one attached hydrogen (secondary N) is 2. The number of hydrogen-bond donors (Lipinski definition) is 2. The van der Waals surface area contributed by atoms with Crippen molar-refractivity contribution in [2.45, 2.75) is 18.9 Å². The molecule has 5 nitrogen and oxygen atoms in total. The monoisotopic (exact) mass is 218 g/mol. The number of aromatic amines is 1. The van der Waals surface area contributed by atoms with Crippen LogP contribution in [0.4, 0.5) is 0 Å². The van der Waals surface area contributed by atoms with Crippen molar-refractivity contribution in [3.63, 3.8) is 0 Å². The van der Waals surface area contributed by atoms with E-state index in [9.17, 15) is 4.79 Å². The number of rotatable bonds is 1. The molecule has 0 bridgehead atoms. The SMILES string of the molecule is O=c1[nH]c2cccnc2n1C1CCCNC1. The zero-order valence-electron chi connectivity index (χ0n) is 8.94. The van der Waals surface area contributed by atoms with Crippen molar-refractivity contribution in [1.82, 2.24) is 19.9 Å². The summed E-state index contributed by atoms with van der Waals surface area (Å²) in [7, 11) is 0. The van der Waals surface area contributed by atoms with Gasteiger partial charge < -0.3 is 10.3 Å². The van der Waals surface area contributed by atoms with E-state index in [1.165, 1.54) is 0 Å². The Bertz CT molecular complexity index is 550. The molecule has 3 rings (SSSR count). The highest BCUT2D eigenvalue weighted by atomic mass is 16.1. The van der Waals surface area contributed by atoms with Crippen LogP contribution in [0, 0.1) is 0 Å². The highest BCUT2D eigenvalue weighted by molar-refractivity contribution is 5.70. The highest BCUT2D eigenvalue weighted by Gasteiger charge is 2.19. The molecule has 0 aromatic carbocycles. The zero-order valence-corrected chi connectivity index (χ0v) is 8.94. The molecular weight excluding hydrogens is 204 g/mol. The molecule has 1 aliphatic rings. The maximum atomic E-state index is 11.9. The molecule has 0 saturated carbocycles. The Morgan fingerprint density at radius 1 is 1.50 bits per heavy atom. The van der Waals surface area contributed by atoms with E-state index in [4.69, 9.17) is 0 Å². The molecule has 1 atom stereocenters. The maximum Gasteiger partial charge on any atom is 0.327 e. The minimum Gasteiger partial charge on any atom is -0.315 e. The molecule has 1 fully saturated rings.